The molecule has 130 valence electrons. The molecule has 0 bridgehead atoms. The number of nitro groups is 1. The maximum absolute atomic E-state index is 12.5. The van der Waals surface area contributed by atoms with Crippen molar-refractivity contribution < 1.29 is 19.2 Å². The SMILES string of the molecule is COc1cccc(Oc2ccc(C(=O)c3ccccc3)cc2[N+](=O)[O-])c1. The van der Waals surface area contributed by atoms with Gasteiger partial charge in [-0.2, -0.15) is 0 Å². The van der Waals surface area contributed by atoms with E-state index in [9.17, 15) is 14.9 Å². The van der Waals surface area contributed by atoms with E-state index < -0.39 is 4.92 Å². The predicted molar refractivity (Wildman–Crippen MR) is 96.0 cm³/mol. The molecule has 0 aliphatic heterocycles. The van der Waals surface area contributed by atoms with Gasteiger partial charge in [0.25, 0.3) is 0 Å². The third kappa shape index (κ3) is 3.70. The van der Waals surface area contributed by atoms with E-state index in [1.54, 1.807) is 54.6 Å². The summed E-state index contributed by atoms with van der Waals surface area (Å²) >= 11 is 0. The second kappa shape index (κ2) is 7.48. The van der Waals surface area contributed by atoms with Crippen LogP contribution in [0.4, 0.5) is 5.69 Å². The van der Waals surface area contributed by atoms with E-state index in [-0.39, 0.29) is 22.8 Å². The van der Waals surface area contributed by atoms with Crippen LogP contribution in [0.5, 0.6) is 17.2 Å². The Bertz CT molecular complexity index is 953. The minimum Gasteiger partial charge on any atom is -0.497 e. The second-order valence-corrected chi connectivity index (χ2v) is 5.42. The third-order valence-electron chi connectivity index (χ3n) is 3.72. The molecule has 0 saturated heterocycles. The van der Waals surface area contributed by atoms with E-state index >= 15 is 0 Å². The van der Waals surface area contributed by atoms with Crippen LogP contribution in [0.2, 0.25) is 0 Å². The highest BCUT2D eigenvalue weighted by molar-refractivity contribution is 6.09. The summed E-state index contributed by atoms with van der Waals surface area (Å²) in [5, 5.41) is 11.4. The van der Waals surface area contributed by atoms with Gasteiger partial charge in [-0.25, -0.2) is 0 Å². The number of ketones is 1. The standard InChI is InChI=1S/C20H15NO5/c1-25-16-8-5-9-17(13-16)26-19-11-10-15(12-18(19)21(23)24)20(22)14-6-3-2-4-7-14/h2-13H,1H3. The van der Waals surface area contributed by atoms with E-state index in [0.717, 1.165) is 0 Å². The molecule has 0 aliphatic carbocycles. The fourth-order valence-electron chi connectivity index (χ4n) is 2.44. The number of carbonyl (C=O) groups excluding carboxylic acids is 1. The van der Waals surface area contributed by atoms with Crippen molar-refractivity contribution in [2.24, 2.45) is 0 Å². The summed E-state index contributed by atoms with van der Waals surface area (Å²) in [5.41, 5.74) is 0.402. The molecule has 6 nitrogen and oxygen atoms in total. The number of hydrogen-bond acceptors (Lipinski definition) is 5. The smallest absolute Gasteiger partial charge is 0.312 e. The van der Waals surface area contributed by atoms with Gasteiger partial charge in [-0.1, -0.05) is 36.4 Å². The molecule has 0 unspecified atom stereocenters. The molecule has 0 atom stereocenters. The summed E-state index contributed by atoms with van der Waals surface area (Å²) in [4.78, 5) is 23.4. The molecule has 0 amide bonds. The number of carbonyl (C=O) groups is 1. The van der Waals surface area contributed by atoms with Crippen molar-refractivity contribution in [3.05, 3.63) is 94.0 Å². The van der Waals surface area contributed by atoms with Gasteiger partial charge in [0.15, 0.2) is 5.78 Å². The maximum atomic E-state index is 12.5. The zero-order chi connectivity index (χ0) is 18.5. The van der Waals surface area contributed by atoms with Crippen LogP contribution in [-0.2, 0) is 0 Å². The average molecular weight is 349 g/mol. The Labute approximate surface area is 149 Å². The van der Waals surface area contributed by atoms with Crippen LogP contribution in [-0.4, -0.2) is 17.8 Å². The maximum Gasteiger partial charge on any atom is 0.312 e. The molecule has 26 heavy (non-hydrogen) atoms. The Kier molecular flexibility index (Phi) is 4.94. The number of nitro benzene ring substituents is 1. The molecule has 0 radical (unpaired) electrons. The van der Waals surface area contributed by atoms with Gasteiger partial charge < -0.3 is 9.47 Å². The third-order valence-corrected chi connectivity index (χ3v) is 3.72. The molecular weight excluding hydrogens is 334 g/mol. The fourth-order valence-corrected chi connectivity index (χ4v) is 2.44. The molecule has 3 aromatic carbocycles. The molecular formula is C20H15NO5. The Morgan fingerprint density at radius 1 is 0.885 bits per heavy atom. The first-order valence-electron chi connectivity index (χ1n) is 7.78. The van der Waals surface area contributed by atoms with Gasteiger partial charge in [0, 0.05) is 23.3 Å². The normalized spacial score (nSPS) is 10.2. The van der Waals surface area contributed by atoms with Crippen molar-refractivity contribution in [1.29, 1.82) is 0 Å². The molecule has 0 fully saturated rings. The van der Waals surface area contributed by atoms with E-state index in [0.29, 0.717) is 17.1 Å². The van der Waals surface area contributed by atoms with Gasteiger partial charge in [-0.15, -0.1) is 0 Å². The first-order valence-corrected chi connectivity index (χ1v) is 7.78. The molecule has 3 aromatic rings. The Morgan fingerprint density at radius 3 is 2.31 bits per heavy atom. The van der Waals surface area contributed by atoms with Crippen LogP contribution in [0.1, 0.15) is 15.9 Å². The number of benzene rings is 3. The second-order valence-electron chi connectivity index (χ2n) is 5.42. The van der Waals surface area contributed by atoms with Crippen molar-refractivity contribution >= 4 is 11.5 Å². The van der Waals surface area contributed by atoms with Gasteiger partial charge in [0.2, 0.25) is 5.75 Å². The van der Waals surface area contributed by atoms with Gasteiger partial charge in [-0.05, 0) is 24.3 Å². The summed E-state index contributed by atoms with van der Waals surface area (Å²) in [6.45, 7) is 0. The number of hydrogen-bond donors (Lipinski definition) is 0. The molecule has 0 N–H and O–H groups in total. The first-order chi connectivity index (χ1) is 12.6. The molecule has 0 aliphatic rings. The van der Waals surface area contributed by atoms with Gasteiger partial charge in [0.05, 0.1) is 12.0 Å². The van der Waals surface area contributed by atoms with Crippen LogP contribution in [0.15, 0.2) is 72.8 Å². The lowest BCUT2D eigenvalue weighted by molar-refractivity contribution is -0.385. The van der Waals surface area contributed by atoms with E-state index in [1.165, 1.54) is 25.3 Å². The lowest BCUT2D eigenvalue weighted by atomic mass is 10.0. The minimum atomic E-state index is -0.572. The number of nitrogens with zero attached hydrogens (tertiary/aromatic N) is 1. The van der Waals surface area contributed by atoms with Crippen molar-refractivity contribution in [1.82, 2.24) is 0 Å². The van der Waals surface area contributed by atoms with E-state index in [1.807, 2.05) is 0 Å². The van der Waals surface area contributed by atoms with Crippen LogP contribution >= 0.6 is 0 Å². The lowest BCUT2D eigenvalue weighted by Crippen LogP contribution is -2.03. The van der Waals surface area contributed by atoms with E-state index in [4.69, 9.17) is 9.47 Å². The predicted octanol–water partition coefficient (Wildman–Crippen LogP) is 4.63. The summed E-state index contributed by atoms with van der Waals surface area (Å²) < 4.78 is 10.7. The van der Waals surface area contributed by atoms with Gasteiger partial charge in [-0.3, -0.25) is 14.9 Å². The summed E-state index contributed by atoms with van der Waals surface area (Å²) in [7, 11) is 1.52. The number of ether oxygens (including phenoxy) is 2. The molecule has 0 spiro atoms. The van der Waals surface area contributed by atoms with Crippen LogP contribution in [0.3, 0.4) is 0 Å². The Hall–Kier alpha value is -3.67. The lowest BCUT2D eigenvalue weighted by Gasteiger charge is -2.09. The Morgan fingerprint density at radius 2 is 1.62 bits per heavy atom. The number of rotatable bonds is 6. The molecule has 6 heteroatoms. The van der Waals surface area contributed by atoms with Crippen molar-refractivity contribution in [3.8, 4) is 17.2 Å². The molecule has 3 rings (SSSR count). The molecule has 0 heterocycles. The quantitative estimate of drug-likeness (QED) is 0.368. The fraction of sp³-hybridized carbons (Fsp3) is 0.0500. The largest absolute Gasteiger partial charge is 0.497 e. The van der Waals surface area contributed by atoms with Crippen LogP contribution in [0.25, 0.3) is 0 Å². The van der Waals surface area contributed by atoms with Crippen molar-refractivity contribution in [3.63, 3.8) is 0 Å². The summed E-state index contributed by atoms with van der Waals surface area (Å²) in [6, 6.07) is 19.5. The minimum absolute atomic E-state index is 0.0489. The Balaban J connectivity index is 1.94. The average Bonchev–Trinajstić information content (AvgIpc) is 2.68. The van der Waals surface area contributed by atoms with Crippen LogP contribution in [0, 0.1) is 10.1 Å². The first kappa shape index (κ1) is 17.2. The molecule has 0 saturated carbocycles. The number of methoxy groups -OCH3 is 1. The van der Waals surface area contributed by atoms with Gasteiger partial charge in [0.1, 0.15) is 11.5 Å². The zero-order valence-electron chi connectivity index (χ0n) is 13.9. The van der Waals surface area contributed by atoms with Gasteiger partial charge >= 0.3 is 5.69 Å². The van der Waals surface area contributed by atoms with E-state index in [2.05, 4.69) is 0 Å². The summed E-state index contributed by atoms with van der Waals surface area (Å²) in [5.74, 6) is 0.727. The highest BCUT2D eigenvalue weighted by Gasteiger charge is 2.20. The monoisotopic (exact) mass is 349 g/mol. The zero-order valence-corrected chi connectivity index (χ0v) is 13.9. The van der Waals surface area contributed by atoms with Crippen molar-refractivity contribution in [2.45, 2.75) is 0 Å². The topological polar surface area (TPSA) is 78.7 Å². The highest BCUT2D eigenvalue weighted by atomic mass is 16.6. The van der Waals surface area contributed by atoms with Crippen molar-refractivity contribution in [2.75, 3.05) is 7.11 Å². The molecule has 0 aromatic heterocycles. The van der Waals surface area contributed by atoms with Crippen LogP contribution < -0.4 is 9.47 Å². The highest BCUT2D eigenvalue weighted by Crippen LogP contribution is 2.33. The summed E-state index contributed by atoms with van der Waals surface area (Å²) in [6.07, 6.45) is 0.